The van der Waals surface area contributed by atoms with Crippen LogP contribution in [0.15, 0.2) is 11.1 Å². The molecule has 3 nitrogen and oxygen atoms in total. The van der Waals surface area contributed by atoms with Crippen LogP contribution in [0.1, 0.15) is 91.4 Å². The Morgan fingerprint density at radius 3 is 2.87 bits per heavy atom. The standard InChI is InChI=1S/C27H42N2O/c1-16-10-25-24(29-15-16)14-27(30-25)9-7-20-21-5-4-18-11-19(28)6-8-26(18,3)23(21)12-22(20)17(2)13-27/h16,18,20-21,23-25,28-29H,4-15H2,1-3H3. The zero-order chi connectivity index (χ0) is 20.7. The Morgan fingerprint density at radius 2 is 2.00 bits per heavy atom. The molecule has 0 aromatic carbocycles. The molecule has 0 radical (unpaired) electrons. The van der Waals surface area contributed by atoms with Gasteiger partial charge in [0.25, 0.3) is 0 Å². The van der Waals surface area contributed by atoms with Gasteiger partial charge in [-0.1, -0.05) is 25.0 Å². The summed E-state index contributed by atoms with van der Waals surface area (Å²) in [5.41, 5.74) is 5.18. The molecule has 30 heavy (non-hydrogen) atoms. The number of rotatable bonds is 0. The number of ether oxygens (including phenoxy) is 1. The van der Waals surface area contributed by atoms with E-state index in [9.17, 15) is 0 Å². The Labute approximate surface area is 183 Å². The average molecular weight is 411 g/mol. The highest BCUT2D eigenvalue weighted by molar-refractivity contribution is 5.82. The summed E-state index contributed by atoms with van der Waals surface area (Å²) in [7, 11) is 0. The first-order valence-electron chi connectivity index (χ1n) is 13.0. The number of hydrogen-bond acceptors (Lipinski definition) is 3. The predicted molar refractivity (Wildman–Crippen MR) is 122 cm³/mol. The highest BCUT2D eigenvalue weighted by atomic mass is 16.5. The van der Waals surface area contributed by atoms with Crippen LogP contribution in [0.2, 0.25) is 0 Å². The molecule has 6 aliphatic rings. The van der Waals surface area contributed by atoms with E-state index in [1.807, 2.05) is 5.57 Å². The quantitative estimate of drug-likeness (QED) is 0.489. The zero-order valence-corrected chi connectivity index (χ0v) is 19.4. The summed E-state index contributed by atoms with van der Waals surface area (Å²) in [5.74, 6) is 4.14. The van der Waals surface area contributed by atoms with E-state index in [2.05, 4.69) is 26.1 Å². The second-order valence-electron chi connectivity index (χ2n) is 12.6. The monoisotopic (exact) mass is 410 g/mol. The summed E-state index contributed by atoms with van der Waals surface area (Å²) < 4.78 is 6.91. The fourth-order valence-electron chi connectivity index (χ4n) is 9.26. The molecule has 4 aliphatic carbocycles. The molecule has 2 aliphatic heterocycles. The Bertz CT molecular complexity index is 773. The Hall–Kier alpha value is -0.670. The van der Waals surface area contributed by atoms with E-state index in [0.29, 0.717) is 17.6 Å². The van der Waals surface area contributed by atoms with Crippen LogP contribution in [0.3, 0.4) is 0 Å². The second kappa shape index (κ2) is 6.91. The van der Waals surface area contributed by atoms with E-state index in [4.69, 9.17) is 10.1 Å². The molecule has 0 aromatic heterocycles. The smallest absolute Gasteiger partial charge is 0.0740 e. The van der Waals surface area contributed by atoms with Gasteiger partial charge in [-0.15, -0.1) is 0 Å². The molecule has 2 saturated heterocycles. The minimum Gasteiger partial charge on any atom is -0.370 e. The van der Waals surface area contributed by atoms with Crippen LogP contribution in [0, 0.1) is 40.4 Å². The van der Waals surface area contributed by atoms with Crippen molar-refractivity contribution in [2.75, 3.05) is 6.54 Å². The van der Waals surface area contributed by atoms with E-state index < -0.39 is 0 Å². The van der Waals surface area contributed by atoms with Crippen molar-refractivity contribution in [3.63, 3.8) is 0 Å². The van der Waals surface area contributed by atoms with Gasteiger partial charge in [-0.2, -0.15) is 0 Å². The van der Waals surface area contributed by atoms with Gasteiger partial charge in [-0.3, -0.25) is 0 Å². The molecule has 1 spiro atoms. The van der Waals surface area contributed by atoms with Crippen LogP contribution in [-0.4, -0.2) is 30.0 Å². The van der Waals surface area contributed by atoms with Crippen LogP contribution in [0.4, 0.5) is 0 Å². The Balaban J connectivity index is 1.26. The molecule has 2 N–H and O–H groups in total. The highest BCUT2D eigenvalue weighted by Gasteiger charge is 2.57. The van der Waals surface area contributed by atoms with Crippen LogP contribution in [0.5, 0.6) is 0 Å². The summed E-state index contributed by atoms with van der Waals surface area (Å²) in [6.07, 6.45) is 14.3. The summed E-state index contributed by atoms with van der Waals surface area (Å²) in [5, 5.41) is 12.1. The van der Waals surface area contributed by atoms with E-state index in [1.165, 1.54) is 64.3 Å². The molecular weight excluding hydrogens is 368 g/mol. The first-order chi connectivity index (χ1) is 14.4. The Kier molecular flexibility index (Phi) is 4.60. The molecule has 9 atom stereocenters. The van der Waals surface area contributed by atoms with Crippen molar-refractivity contribution < 1.29 is 4.74 Å². The topological polar surface area (TPSA) is 45.1 Å². The van der Waals surface area contributed by atoms with Crippen molar-refractivity contribution in [1.82, 2.24) is 5.32 Å². The third kappa shape index (κ3) is 2.94. The number of allylic oxidation sites excluding steroid dienone is 1. The molecule has 9 unspecified atom stereocenters. The summed E-state index contributed by atoms with van der Waals surface area (Å²) >= 11 is 0. The van der Waals surface area contributed by atoms with Crippen molar-refractivity contribution in [2.45, 2.75) is 109 Å². The lowest BCUT2D eigenvalue weighted by atomic mass is 9.52. The normalized spacial score (nSPS) is 53.2. The third-order valence-electron chi connectivity index (χ3n) is 10.9. The van der Waals surface area contributed by atoms with Crippen molar-refractivity contribution in [2.24, 2.45) is 35.0 Å². The van der Waals surface area contributed by atoms with Gasteiger partial charge >= 0.3 is 0 Å². The van der Waals surface area contributed by atoms with Gasteiger partial charge in [-0.25, -0.2) is 0 Å². The molecular formula is C27H42N2O. The maximum Gasteiger partial charge on any atom is 0.0740 e. The number of nitrogens with one attached hydrogen (secondary N) is 2. The third-order valence-corrected chi connectivity index (χ3v) is 10.9. The molecule has 0 aromatic rings. The van der Waals surface area contributed by atoms with Crippen molar-refractivity contribution in [3.8, 4) is 0 Å². The first-order valence-corrected chi connectivity index (χ1v) is 13.0. The molecule has 0 amide bonds. The van der Waals surface area contributed by atoms with Gasteiger partial charge < -0.3 is 15.5 Å². The summed E-state index contributed by atoms with van der Waals surface area (Å²) in [6, 6.07) is 0.594. The molecule has 2 heterocycles. The van der Waals surface area contributed by atoms with Crippen LogP contribution >= 0.6 is 0 Å². The minimum atomic E-state index is 0.115. The maximum absolute atomic E-state index is 8.25. The summed E-state index contributed by atoms with van der Waals surface area (Å²) in [6.45, 7) is 8.61. The minimum absolute atomic E-state index is 0.115. The van der Waals surface area contributed by atoms with E-state index in [0.717, 1.165) is 48.1 Å². The van der Waals surface area contributed by atoms with Crippen molar-refractivity contribution in [3.05, 3.63) is 11.1 Å². The van der Waals surface area contributed by atoms with Crippen LogP contribution < -0.4 is 5.32 Å². The maximum atomic E-state index is 8.25. The van der Waals surface area contributed by atoms with Crippen molar-refractivity contribution >= 4 is 5.71 Å². The molecule has 5 fully saturated rings. The molecule has 0 bridgehead atoms. The van der Waals surface area contributed by atoms with Gasteiger partial charge in [0.2, 0.25) is 0 Å². The fourth-order valence-corrected chi connectivity index (χ4v) is 9.26. The fraction of sp³-hybridized carbons (Fsp3) is 0.889. The number of hydrogen-bond donors (Lipinski definition) is 2. The average Bonchev–Trinajstić information content (AvgIpc) is 3.22. The van der Waals surface area contributed by atoms with Crippen LogP contribution in [0.25, 0.3) is 0 Å². The second-order valence-corrected chi connectivity index (χ2v) is 12.6. The van der Waals surface area contributed by atoms with Gasteiger partial charge in [0.05, 0.1) is 11.7 Å². The molecule has 166 valence electrons. The SMILES string of the molecule is CC1=C2CC3C(CCC4CC(=N)CCC43C)C2CCC2(C1)CC1NCC(C)CC1O2. The Morgan fingerprint density at radius 1 is 1.13 bits per heavy atom. The van der Waals surface area contributed by atoms with E-state index in [-0.39, 0.29) is 5.60 Å². The first kappa shape index (κ1) is 20.0. The van der Waals surface area contributed by atoms with E-state index in [1.54, 1.807) is 5.57 Å². The van der Waals surface area contributed by atoms with Crippen molar-refractivity contribution in [1.29, 1.82) is 5.41 Å². The summed E-state index contributed by atoms with van der Waals surface area (Å²) in [4.78, 5) is 0. The molecule has 6 rings (SSSR count). The van der Waals surface area contributed by atoms with Gasteiger partial charge in [0.1, 0.15) is 0 Å². The lowest BCUT2D eigenvalue weighted by Crippen LogP contribution is -2.46. The highest BCUT2D eigenvalue weighted by Crippen LogP contribution is 2.64. The largest absolute Gasteiger partial charge is 0.370 e. The molecule has 3 saturated carbocycles. The van der Waals surface area contributed by atoms with E-state index >= 15 is 0 Å². The number of fused-ring (bicyclic) bond motifs is 6. The zero-order valence-electron chi connectivity index (χ0n) is 19.4. The predicted octanol–water partition coefficient (Wildman–Crippen LogP) is 5.88. The van der Waals surface area contributed by atoms with Crippen LogP contribution in [-0.2, 0) is 4.74 Å². The van der Waals surface area contributed by atoms with Gasteiger partial charge in [-0.05, 0) is 119 Å². The van der Waals surface area contributed by atoms with Gasteiger partial charge in [0, 0.05) is 11.8 Å². The van der Waals surface area contributed by atoms with Gasteiger partial charge in [0.15, 0.2) is 0 Å². The lowest BCUT2D eigenvalue weighted by Gasteiger charge is -2.52. The lowest BCUT2D eigenvalue weighted by molar-refractivity contribution is -0.0629. The number of piperidine rings is 1. The molecule has 3 heteroatoms.